The van der Waals surface area contributed by atoms with Gasteiger partial charge in [0.2, 0.25) is 0 Å². The average Bonchev–Trinajstić information content (AvgIpc) is 2.45. The number of hydrazine groups is 1. The van der Waals surface area contributed by atoms with E-state index in [1.54, 1.807) is 6.07 Å². The number of para-hydroxylation sites is 1. The van der Waals surface area contributed by atoms with Crippen LogP contribution in [0.25, 0.3) is 0 Å². The molecule has 0 spiro atoms. The lowest BCUT2D eigenvalue weighted by molar-refractivity contribution is -0.137. The van der Waals surface area contributed by atoms with Crippen molar-refractivity contribution in [3.8, 4) is 0 Å². The largest absolute Gasteiger partial charge is 0.416 e. The molecule has 0 saturated carbocycles. The molecule has 0 amide bonds. The number of nitrogens with two attached hydrogens (primary N) is 2. The minimum atomic E-state index is -4.33. The van der Waals surface area contributed by atoms with Crippen LogP contribution in [0.2, 0.25) is 0 Å². The molecule has 5 N–H and O–H groups in total. The molecule has 0 aliphatic carbocycles. The summed E-state index contributed by atoms with van der Waals surface area (Å²) in [6, 6.07) is 12.0. The quantitative estimate of drug-likeness (QED) is 0.461. The number of nitrogens with one attached hydrogen (secondary N) is 1. The lowest BCUT2D eigenvalue weighted by Gasteiger charge is -2.18. The molecule has 0 bridgehead atoms. The van der Waals surface area contributed by atoms with E-state index in [4.69, 9.17) is 11.6 Å². The second-order valence-corrected chi connectivity index (χ2v) is 4.75. The number of anilines is 1. The Hall–Kier alpha value is -2.05. The molecule has 0 aliphatic heterocycles. The van der Waals surface area contributed by atoms with E-state index in [1.165, 1.54) is 12.1 Å². The predicted octanol–water partition coefficient (Wildman–Crippen LogP) is 3.03. The fourth-order valence-corrected chi connectivity index (χ4v) is 2.15. The third-order valence-corrected chi connectivity index (χ3v) is 3.29. The molecular formula is C15H16F3N3. The van der Waals surface area contributed by atoms with Crippen LogP contribution in [-0.2, 0) is 12.6 Å². The topological polar surface area (TPSA) is 64.1 Å². The molecule has 2 aromatic rings. The van der Waals surface area contributed by atoms with Gasteiger partial charge in [0.05, 0.1) is 11.6 Å². The van der Waals surface area contributed by atoms with Crippen molar-refractivity contribution in [3.63, 3.8) is 0 Å². The molecule has 0 aliphatic rings. The van der Waals surface area contributed by atoms with E-state index < -0.39 is 11.7 Å². The molecule has 6 heteroatoms. The molecule has 21 heavy (non-hydrogen) atoms. The van der Waals surface area contributed by atoms with Crippen molar-refractivity contribution >= 4 is 5.69 Å². The van der Waals surface area contributed by atoms with Gasteiger partial charge < -0.3 is 5.73 Å². The van der Waals surface area contributed by atoms with Gasteiger partial charge in [0.1, 0.15) is 0 Å². The van der Waals surface area contributed by atoms with Crippen LogP contribution in [-0.4, -0.2) is 0 Å². The van der Waals surface area contributed by atoms with Crippen LogP contribution in [0.15, 0.2) is 48.5 Å². The summed E-state index contributed by atoms with van der Waals surface area (Å²) in [7, 11) is 0. The summed E-state index contributed by atoms with van der Waals surface area (Å²) in [6.07, 6.45) is -3.88. The second-order valence-electron chi connectivity index (χ2n) is 4.75. The Labute approximate surface area is 120 Å². The fraction of sp³-hybridized carbons (Fsp3) is 0.200. The van der Waals surface area contributed by atoms with Crippen LogP contribution >= 0.6 is 0 Å². The molecule has 1 atom stereocenters. The summed E-state index contributed by atoms with van der Waals surface area (Å²) >= 11 is 0. The molecule has 112 valence electrons. The van der Waals surface area contributed by atoms with E-state index in [-0.39, 0.29) is 6.04 Å². The molecular weight excluding hydrogens is 279 g/mol. The van der Waals surface area contributed by atoms with Gasteiger partial charge in [0.25, 0.3) is 0 Å². The Kier molecular flexibility index (Phi) is 4.50. The molecule has 1 unspecified atom stereocenters. The predicted molar refractivity (Wildman–Crippen MR) is 76.1 cm³/mol. The minimum absolute atomic E-state index is 0.261. The lowest BCUT2D eigenvalue weighted by Crippen LogP contribution is -2.30. The van der Waals surface area contributed by atoms with E-state index >= 15 is 0 Å². The number of nitrogen functional groups attached to an aromatic ring is 1. The minimum Gasteiger partial charge on any atom is -0.398 e. The summed E-state index contributed by atoms with van der Waals surface area (Å²) in [5.41, 5.74) is 10.0. The van der Waals surface area contributed by atoms with Crippen LogP contribution in [0.3, 0.4) is 0 Å². The van der Waals surface area contributed by atoms with Gasteiger partial charge in [0.15, 0.2) is 0 Å². The van der Waals surface area contributed by atoms with Crippen molar-refractivity contribution in [1.82, 2.24) is 5.43 Å². The average molecular weight is 295 g/mol. The lowest BCUT2D eigenvalue weighted by atomic mass is 9.97. The molecule has 0 aromatic heterocycles. The van der Waals surface area contributed by atoms with E-state index in [1.807, 2.05) is 18.2 Å². The SMILES string of the molecule is NNC(Cc1ccc(C(F)(F)F)cc1)c1ccccc1N. The van der Waals surface area contributed by atoms with Crippen LogP contribution in [0, 0.1) is 0 Å². The van der Waals surface area contributed by atoms with Gasteiger partial charge in [-0.3, -0.25) is 11.3 Å². The van der Waals surface area contributed by atoms with Crippen molar-refractivity contribution in [3.05, 3.63) is 65.2 Å². The summed E-state index contributed by atoms with van der Waals surface area (Å²) in [5.74, 6) is 5.54. The second kappa shape index (κ2) is 6.15. The highest BCUT2D eigenvalue weighted by Crippen LogP contribution is 2.30. The third kappa shape index (κ3) is 3.74. The zero-order chi connectivity index (χ0) is 15.5. The molecule has 2 aromatic carbocycles. The maximum Gasteiger partial charge on any atom is 0.416 e. The van der Waals surface area contributed by atoms with Crippen molar-refractivity contribution < 1.29 is 13.2 Å². The van der Waals surface area contributed by atoms with E-state index in [0.717, 1.165) is 23.3 Å². The highest BCUT2D eigenvalue weighted by atomic mass is 19.4. The Balaban J connectivity index is 2.18. The molecule has 0 saturated heterocycles. The maximum atomic E-state index is 12.5. The number of alkyl halides is 3. The first-order valence-corrected chi connectivity index (χ1v) is 6.38. The first kappa shape index (κ1) is 15.3. The van der Waals surface area contributed by atoms with E-state index in [9.17, 15) is 13.2 Å². The van der Waals surface area contributed by atoms with Gasteiger partial charge >= 0.3 is 6.18 Å². The fourth-order valence-electron chi connectivity index (χ4n) is 2.15. The number of hydrogen-bond acceptors (Lipinski definition) is 3. The normalized spacial score (nSPS) is 13.1. The van der Waals surface area contributed by atoms with Gasteiger partial charge in [-0.1, -0.05) is 30.3 Å². The van der Waals surface area contributed by atoms with Crippen LogP contribution in [0.5, 0.6) is 0 Å². The summed E-state index contributed by atoms with van der Waals surface area (Å²) < 4.78 is 37.6. The number of rotatable bonds is 4. The van der Waals surface area contributed by atoms with E-state index in [0.29, 0.717) is 12.1 Å². The Bertz CT molecular complexity index is 594. The molecule has 2 rings (SSSR count). The third-order valence-electron chi connectivity index (χ3n) is 3.29. The highest BCUT2D eigenvalue weighted by molar-refractivity contribution is 5.48. The monoisotopic (exact) mass is 295 g/mol. The zero-order valence-corrected chi connectivity index (χ0v) is 11.2. The van der Waals surface area contributed by atoms with Crippen LogP contribution in [0.4, 0.5) is 18.9 Å². The molecule has 3 nitrogen and oxygen atoms in total. The van der Waals surface area contributed by atoms with Gasteiger partial charge in [-0.05, 0) is 35.7 Å². The molecule has 0 heterocycles. The summed E-state index contributed by atoms with van der Waals surface area (Å²) in [5, 5.41) is 0. The van der Waals surface area contributed by atoms with E-state index in [2.05, 4.69) is 5.43 Å². The summed E-state index contributed by atoms with van der Waals surface area (Å²) in [6.45, 7) is 0. The molecule has 0 fully saturated rings. The van der Waals surface area contributed by atoms with Crippen molar-refractivity contribution in [2.75, 3.05) is 5.73 Å². The number of benzene rings is 2. The smallest absolute Gasteiger partial charge is 0.398 e. The van der Waals surface area contributed by atoms with Gasteiger partial charge in [-0.25, -0.2) is 0 Å². The van der Waals surface area contributed by atoms with Gasteiger partial charge in [-0.15, -0.1) is 0 Å². The number of hydrogen-bond donors (Lipinski definition) is 3. The van der Waals surface area contributed by atoms with Crippen molar-refractivity contribution in [2.45, 2.75) is 18.6 Å². The van der Waals surface area contributed by atoms with Crippen molar-refractivity contribution in [1.29, 1.82) is 0 Å². The van der Waals surface area contributed by atoms with Gasteiger partial charge in [-0.2, -0.15) is 13.2 Å². The Morgan fingerprint density at radius 3 is 2.14 bits per heavy atom. The van der Waals surface area contributed by atoms with Gasteiger partial charge in [0, 0.05) is 5.69 Å². The Morgan fingerprint density at radius 1 is 1.00 bits per heavy atom. The Morgan fingerprint density at radius 2 is 1.62 bits per heavy atom. The maximum absolute atomic E-state index is 12.5. The van der Waals surface area contributed by atoms with Crippen LogP contribution in [0.1, 0.15) is 22.7 Å². The summed E-state index contributed by atoms with van der Waals surface area (Å²) in [4.78, 5) is 0. The van der Waals surface area contributed by atoms with Crippen LogP contribution < -0.4 is 17.0 Å². The standard InChI is InChI=1S/C15H16F3N3/c16-15(17,18)11-7-5-10(6-8-11)9-14(21-20)12-3-1-2-4-13(12)19/h1-8,14,21H,9,19-20H2. The number of halogens is 3. The first-order chi connectivity index (χ1) is 9.91. The molecule has 0 radical (unpaired) electrons. The first-order valence-electron chi connectivity index (χ1n) is 6.38. The highest BCUT2D eigenvalue weighted by Gasteiger charge is 2.30. The van der Waals surface area contributed by atoms with Crippen molar-refractivity contribution in [2.24, 2.45) is 5.84 Å². The zero-order valence-electron chi connectivity index (χ0n) is 11.2.